The zero-order chi connectivity index (χ0) is 17.9. The molecule has 1 aromatic carbocycles. The van der Waals surface area contributed by atoms with Gasteiger partial charge < -0.3 is 19.7 Å². The molecule has 0 atom stereocenters. The maximum atomic E-state index is 11.7. The van der Waals surface area contributed by atoms with E-state index in [0.29, 0.717) is 18.1 Å². The molecule has 1 aromatic rings. The van der Waals surface area contributed by atoms with Gasteiger partial charge in [0.15, 0.2) is 11.5 Å². The first-order valence-electron chi connectivity index (χ1n) is 7.94. The third-order valence-corrected chi connectivity index (χ3v) is 3.28. The highest BCUT2D eigenvalue weighted by atomic mass is 16.5. The lowest BCUT2D eigenvalue weighted by Gasteiger charge is -2.11. The Morgan fingerprint density at radius 2 is 2.00 bits per heavy atom. The number of rotatable bonds is 9. The molecule has 0 heterocycles. The van der Waals surface area contributed by atoms with Gasteiger partial charge in [-0.05, 0) is 30.2 Å². The third-order valence-electron chi connectivity index (χ3n) is 3.28. The number of amides is 2. The van der Waals surface area contributed by atoms with Crippen molar-refractivity contribution in [3.8, 4) is 11.5 Å². The molecule has 6 heteroatoms. The van der Waals surface area contributed by atoms with Crippen molar-refractivity contribution >= 4 is 17.9 Å². The largest absolute Gasteiger partial charge is 0.493 e. The minimum Gasteiger partial charge on any atom is -0.493 e. The molecule has 0 unspecified atom stereocenters. The van der Waals surface area contributed by atoms with Crippen molar-refractivity contribution in [3.63, 3.8) is 0 Å². The van der Waals surface area contributed by atoms with E-state index in [-0.39, 0.29) is 18.4 Å². The minimum atomic E-state index is -0.326. The predicted octanol–water partition coefficient (Wildman–Crippen LogP) is 2.09. The fraction of sp³-hybridized carbons (Fsp3) is 0.444. The normalized spacial score (nSPS) is 10.5. The molecule has 0 fully saturated rings. The fourth-order valence-electron chi connectivity index (χ4n) is 1.79. The van der Waals surface area contributed by atoms with E-state index in [1.54, 1.807) is 33.3 Å². The Morgan fingerprint density at radius 3 is 2.62 bits per heavy atom. The van der Waals surface area contributed by atoms with Crippen molar-refractivity contribution in [1.82, 2.24) is 10.2 Å². The molecular weight excluding hydrogens is 308 g/mol. The summed E-state index contributed by atoms with van der Waals surface area (Å²) in [4.78, 5) is 24.5. The molecule has 0 aliphatic carbocycles. The van der Waals surface area contributed by atoms with Crippen LogP contribution >= 0.6 is 0 Å². The van der Waals surface area contributed by atoms with Gasteiger partial charge >= 0.3 is 0 Å². The zero-order valence-corrected chi connectivity index (χ0v) is 14.8. The van der Waals surface area contributed by atoms with Gasteiger partial charge in [-0.25, -0.2) is 0 Å². The molecule has 0 radical (unpaired) electrons. The van der Waals surface area contributed by atoms with E-state index < -0.39 is 0 Å². The van der Waals surface area contributed by atoms with Crippen LogP contribution in [0.3, 0.4) is 0 Å². The van der Waals surface area contributed by atoms with Gasteiger partial charge in [0, 0.05) is 20.2 Å². The molecule has 0 spiro atoms. The van der Waals surface area contributed by atoms with Crippen molar-refractivity contribution in [2.45, 2.75) is 19.8 Å². The molecule has 2 amide bonds. The smallest absolute Gasteiger partial charge is 0.244 e. The number of carbonyl (C=O) groups is 2. The lowest BCUT2D eigenvalue weighted by molar-refractivity contribution is -0.129. The number of carbonyl (C=O) groups excluding carboxylic acids is 2. The van der Waals surface area contributed by atoms with E-state index in [1.807, 2.05) is 12.1 Å². The maximum absolute atomic E-state index is 11.7. The van der Waals surface area contributed by atoms with Crippen molar-refractivity contribution in [3.05, 3.63) is 29.8 Å². The summed E-state index contributed by atoms with van der Waals surface area (Å²) in [5.74, 6) is 0.819. The van der Waals surface area contributed by atoms with Gasteiger partial charge in [-0.15, -0.1) is 0 Å². The first kappa shape index (κ1) is 19.5. The second-order valence-corrected chi connectivity index (χ2v) is 5.45. The SMILES string of the molecule is CCCCOc1ccc(/C=C/C(=O)NCC(=O)N(C)C)cc1OC. The number of unbranched alkanes of at least 4 members (excludes halogenated alkanes) is 1. The van der Waals surface area contributed by atoms with Crippen LogP contribution in [0.5, 0.6) is 11.5 Å². The number of ether oxygens (including phenoxy) is 2. The van der Waals surface area contributed by atoms with Crippen LogP contribution in [0.25, 0.3) is 6.08 Å². The van der Waals surface area contributed by atoms with Gasteiger partial charge in [-0.2, -0.15) is 0 Å². The van der Waals surface area contributed by atoms with Crippen molar-refractivity contribution in [2.75, 3.05) is 34.4 Å². The maximum Gasteiger partial charge on any atom is 0.244 e. The zero-order valence-electron chi connectivity index (χ0n) is 14.8. The van der Waals surface area contributed by atoms with E-state index in [1.165, 1.54) is 11.0 Å². The fourth-order valence-corrected chi connectivity index (χ4v) is 1.79. The van der Waals surface area contributed by atoms with Crippen molar-refractivity contribution in [2.24, 2.45) is 0 Å². The Hall–Kier alpha value is -2.50. The molecule has 0 saturated heterocycles. The van der Waals surface area contributed by atoms with E-state index in [0.717, 1.165) is 18.4 Å². The highest BCUT2D eigenvalue weighted by molar-refractivity contribution is 5.94. The summed E-state index contributed by atoms with van der Waals surface area (Å²) in [5.41, 5.74) is 0.809. The lowest BCUT2D eigenvalue weighted by atomic mass is 10.2. The molecule has 132 valence electrons. The average molecular weight is 334 g/mol. The highest BCUT2D eigenvalue weighted by Gasteiger charge is 2.06. The van der Waals surface area contributed by atoms with Crippen molar-refractivity contribution < 1.29 is 19.1 Å². The van der Waals surface area contributed by atoms with Crippen LogP contribution in [0.15, 0.2) is 24.3 Å². The number of benzene rings is 1. The first-order chi connectivity index (χ1) is 11.5. The summed E-state index contributed by atoms with van der Waals surface area (Å²) >= 11 is 0. The minimum absolute atomic E-state index is 0.0241. The molecule has 0 saturated carbocycles. The second kappa shape index (κ2) is 10.3. The summed E-state index contributed by atoms with van der Waals surface area (Å²) in [5, 5.41) is 2.54. The van der Waals surface area contributed by atoms with Crippen LogP contribution in [0.2, 0.25) is 0 Å². The van der Waals surface area contributed by atoms with Gasteiger partial charge in [0.2, 0.25) is 11.8 Å². The number of methoxy groups -OCH3 is 1. The van der Waals surface area contributed by atoms with Gasteiger partial charge in [-0.1, -0.05) is 19.4 Å². The quantitative estimate of drug-likeness (QED) is 0.555. The molecule has 1 rings (SSSR count). The van der Waals surface area contributed by atoms with Gasteiger partial charge in [0.1, 0.15) is 0 Å². The van der Waals surface area contributed by atoms with Gasteiger partial charge in [0.05, 0.1) is 20.3 Å². The summed E-state index contributed by atoms with van der Waals surface area (Å²) in [6.45, 7) is 2.72. The Kier molecular flexibility index (Phi) is 8.39. The Bertz CT molecular complexity index is 582. The summed E-state index contributed by atoms with van der Waals surface area (Å²) in [6.07, 6.45) is 5.09. The first-order valence-corrected chi connectivity index (χ1v) is 7.94. The molecule has 0 bridgehead atoms. The summed E-state index contributed by atoms with van der Waals surface area (Å²) < 4.78 is 11.0. The molecule has 24 heavy (non-hydrogen) atoms. The molecule has 0 aromatic heterocycles. The Morgan fingerprint density at radius 1 is 1.25 bits per heavy atom. The Labute approximate surface area is 143 Å². The highest BCUT2D eigenvalue weighted by Crippen LogP contribution is 2.28. The molecule has 0 aliphatic rings. The van der Waals surface area contributed by atoms with Crippen molar-refractivity contribution in [1.29, 1.82) is 0 Å². The lowest BCUT2D eigenvalue weighted by Crippen LogP contribution is -2.35. The molecule has 6 nitrogen and oxygen atoms in total. The summed E-state index contributed by atoms with van der Waals surface area (Å²) in [7, 11) is 4.86. The summed E-state index contributed by atoms with van der Waals surface area (Å²) in [6, 6.07) is 5.47. The number of hydrogen-bond donors (Lipinski definition) is 1. The van der Waals surface area contributed by atoms with Crippen LogP contribution in [-0.4, -0.2) is 51.1 Å². The molecule has 1 N–H and O–H groups in total. The second-order valence-electron chi connectivity index (χ2n) is 5.45. The predicted molar refractivity (Wildman–Crippen MR) is 94.1 cm³/mol. The Balaban J connectivity index is 2.63. The monoisotopic (exact) mass is 334 g/mol. The topological polar surface area (TPSA) is 67.9 Å². The number of likely N-dealkylation sites (N-methyl/N-ethyl adjacent to an activating group) is 1. The van der Waals surface area contributed by atoms with Gasteiger partial charge in [-0.3, -0.25) is 9.59 Å². The standard InChI is InChI=1S/C18H26N2O4/c1-5-6-11-24-15-9-7-14(12-16(15)23-4)8-10-17(21)19-13-18(22)20(2)3/h7-10,12H,5-6,11,13H2,1-4H3,(H,19,21)/b10-8+. The van der Waals surface area contributed by atoms with E-state index >= 15 is 0 Å². The van der Waals surface area contributed by atoms with E-state index in [9.17, 15) is 9.59 Å². The average Bonchev–Trinajstić information content (AvgIpc) is 2.58. The molecule has 0 aliphatic heterocycles. The number of nitrogens with zero attached hydrogens (tertiary/aromatic N) is 1. The van der Waals surface area contributed by atoms with Crippen LogP contribution in [-0.2, 0) is 9.59 Å². The number of nitrogens with one attached hydrogen (secondary N) is 1. The van der Waals surface area contributed by atoms with E-state index in [4.69, 9.17) is 9.47 Å². The van der Waals surface area contributed by atoms with Crippen LogP contribution in [0.1, 0.15) is 25.3 Å². The molecular formula is C18H26N2O4. The van der Waals surface area contributed by atoms with Gasteiger partial charge in [0.25, 0.3) is 0 Å². The van der Waals surface area contributed by atoms with E-state index in [2.05, 4.69) is 12.2 Å². The number of hydrogen-bond acceptors (Lipinski definition) is 4. The van der Waals surface area contributed by atoms with Crippen LogP contribution in [0, 0.1) is 0 Å². The third kappa shape index (κ3) is 6.73. The van der Waals surface area contributed by atoms with Crippen LogP contribution in [0.4, 0.5) is 0 Å². The van der Waals surface area contributed by atoms with Crippen LogP contribution < -0.4 is 14.8 Å².